The Hall–Kier alpha value is -1.40. The highest BCUT2D eigenvalue weighted by Gasteiger charge is 2.15. The van der Waals surface area contributed by atoms with E-state index in [4.69, 9.17) is 17.0 Å². The van der Waals surface area contributed by atoms with E-state index < -0.39 is 0 Å². The van der Waals surface area contributed by atoms with Crippen molar-refractivity contribution in [3.05, 3.63) is 16.9 Å². The average Bonchev–Trinajstić information content (AvgIpc) is 2.79. The molecule has 0 saturated carbocycles. The molecule has 6 heteroatoms. The Morgan fingerprint density at radius 1 is 1.40 bits per heavy atom. The Kier molecular flexibility index (Phi) is 4.77. The number of aromatic nitrogens is 3. The number of nitrogens with one attached hydrogen (secondary N) is 1. The van der Waals surface area contributed by atoms with E-state index in [-0.39, 0.29) is 6.04 Å². The molecule has 110 valence electrons. The van der Waals surface area contributed by atoms with Gasteiger partial charge in [0.25, 0.3) is 0 Å². The Morgan fingerprint density at radius 2 is 2.10 bits per heavy atom. The number of H-pyrrole nitrogens is 1. The Bertz CT molecular complexity index is 630. The number of hydrogen-bond donors (Lipinski definition) is 1. The predicted octanol–water partition coefficient (Wildman–Crippen LogP) is 3.01. The topological polar surface area (TPSA) is 46.1 Å². The van der Waals surface area contributed by atoms with Gasteiger partial charge in [0.1, 0.15) is 0 Å². The molecule has 0 aliphatic heterocycles. The molecule has 0 aromatic carbocycles. The molecule has 0 radical (unpaired) electrons. The van der Waals surface area contributed by atoms with Crippen molar-refractivity contribution in [3.63, 3.8) is 0 Å². The van der Waals surface area contributed by atoms with Crippen LogP contribution in [0, 0.1) is 4.77 Å². The number of hydrogen-bond acceptors (Lipinski definition) is 4. The van der Waals surface area contributed by atoms with Crippen molar-refractivity contribution < 1.29 is 4.74 Å². The fourth-order valence-corrected chi connectivity index (χ4v) is 2.82. The first kappa shape index (κ1) is 15.0. The van der Waals surface area contributed by atoms with Crippen molar-refractivity contribution in [2.24, 2.45) is 0 Å². The van der Waals surface area contributed by atoms with Crippen molar-refractivity contribution in [1.29, 1.82) is 0 Å². The molecule has 2 aromatic rings. The molecule has 0 saturated heterocycles. The summed E-state index contributed by atoms with van der Waals surface area (Å²) < 4.78 is 7.99. The molecule has 2 rings (SSSR count). The highest BCUT2D eigenvalue weighted by molar-refractivity contribution is 7.71. The number of rotatable bonds is 6. The average molecular weight is 294 g/mol. The Morgan fingerprint density at radius 3 is 2.70 bits per heavy atom. The predicted molar refractivity (Wildman–Crippen MR) is 84.0 cm³/mol. The zero-order valence-electron chi connectivity index (χ0n) is 12.5. The maximum atomic E-state index is 5.44. The van der Waals surface area contributed by atoms with Gasteiger partial charge < -0.3 is 14.6 Å². The molecule has 0 aliphatic rings. The molecule has 1 atom stereocenters. The third kappa shape index (κ3) is 2.86. The van der Waals surface area contributed by atoms with Crippen LogP contribution in [0.25, 0.3) is 11.2 Å². The second-order valence-electron chi connectivity index (χ2n) is 4.86. The monoisotopic (exact) mass is 294 g/mol. The lowest BCUT2D eigenvalue weighted by atomic mass is 10.3. The van der Waals surface area contributed by atoms with Crippen LogP contribution in [0.1, 0.15) is 26.8 Å². The van der Waals surface area contributed by atoms with Gasteiger partial charge in [-0.3, -0.25) is 4.57 Å². The van der Waals surface area contributed by atoms with Crippen LogP contribution in [0.5, 0.6) is 5.88 Å². The molecule has 2 aromatic heterocycles. The van der Waals surface area contributed by atoms with Crippen LogP contribution < -0.4 is 4.74 Å². The van der Waals surface area contributed by atoms with Gasteiger partial charge in [0.05, 0.1) is 12.6 Å². The van der Waals surface area contributed by atoms with E-state index in [2.05, 4.69) is 40.2 Å². The first-order valence-electron chi connectivity index (χ1n) is 6.98. The molecule has 0 aliphatic carbocycles. The minimum atomic E-state index is 0.260. The summed E-state index contributed by atoms with van der Waals surface area (Å²) in [5.41, 5.74) is 1.80. The lowest BCUT2D eigenvalue weighted by Crippen LogP contribution is -2.29. The van der Waals surface area contributed by atoms with Gasteiger partial charge in [-0.1, -0.05) is 13.8 Å². The summed E-state index contributed by atoms with van der Waals surface area (Å²) in [6.45, 7) is 9.54. The molecule has 2 heterocycles. The van der Waals surface area contributed by atoms with E-state index in [1.54, 1.807) is 7.11 Å². The van der Waals surface area contributed by atoms with Crippen LogP contribution in [0.3, 0.4) is 0 Å². The first-order chi connectivity index (χ1) is 9.60. The van der Waals surface area contributed by atoms with Gasteiger partial charge in [0.2, 0.25) is 5.88 Å². The molecule has 0 spiro atoms. The molecular formula is C14H22N4OS. The molecule has 1 N–H and O–H groups in total. The zero-order valence-corrected chi connectivity index (χ0v) is 13.3. The number of imidazole rings is 1. The second-order valence-corrected chi connectivity index (χ2v) is 5.25. The summed E-state index contributed by atoms with van der Waals surface area (Å²) in [4.78, 5) is 10.1. The maximum Gasteiger partial charge on any atom is 0.215 e. The SMILES string of the molecule is CCN(CC)CC(C)n1c(=S)[nH]c2ccc(OC)nc21. The highest BCUT2D eigenvalue weighted by Crippen LogP contribution is 2.20. The van der Waals surface area contributed by atoms with Crippen LogP contribution in [-0.4, -0.2) is 46.2 Å². The van der Waals surface area contributed by atoms with E-state index in [1.165, 1.54) is 0 Å². The minimum absolute atomic E-state index is 0.260. The Balaban J connectivity index is 2.41. The van der Waals surface area contributed by atoms with E-state index in [9.17, 15) is 0 Å². The molecule has 1 unspecified atom stereocenters. The van der Waals surface area contributed by atoms with Gasteiger partial charge in [-0.15, -0.1) is 0 Å². The summed E-state index contributed by atoms with van der Waals surface area (Å²) in [6.07, 6.45) is 0. The maximum absolute atomic E-state index is 5.44. The van der Waals surface area contributed by atoms with Gasteiger partial charge >= 0.3 is 0 Å². The number of likely N-dealkylation sites (N-methyl/N-ethyl adjacent to an activating group) is 1. The highest BCUT2D eigenvalue weighted by atomic mass is 32.1. The van der Waals surface area contributed by atoms with Crippen molar-refractivity contribution >= 4 is 23.4 Å². The number of fused-ring (bicyclic) bond motifs is 1. The summed E-state index contributed by atoms with van der Waals surface area (Å²) in [5, 5.41) is 0. The third-order valence-corrected chi connectivity index (χ3v) is 3.90. The molecule has 5 nitrogen and oxygen atoms in total. The van der Waals surface area contributed by atoms with Gasteiger partial charge in [-0.05, 0) is 38.3 Å². The number of pyridine rings is 1. The van der Waals surface area contributed by atoms with E-state index in [0.29, 0.717) is 10.7 Å². The lowest BCUT2D eigenvalue weighted by Gasteiger charge is -2.23. The molecule has 20 heavy (non-hydrogen) atoms. The normalized spacial score (nSPS) is 13.1. The van der Waals surface area contributed by atoms with E-state index >= 15 is 0 Å². The van der Waals surface area contributed by atoms with Crippen LogP contribution in [0.15, 0.2) is 12.1 Å². The lowest BCUT2D eigenvalue weighted by molar-refractivity contribution is 0.262. The quantitative estimate of drug-likeness (QED) is 0.832. The van der Waals surface area contributed by atoms with Gasteiger partial charge in [-0.25, -0.2) is 0 Å². The van der Waals surface area contributed by atoms with Crippen molar-refractivity contribution in [3.8, 4) is 5.88 Å². The number of ether oxygens (including phenoxy) is 1. The standard InChI is InChI=1S/C14H22N4OS/c1-5-17(6-2)9-10(3)18-13-11(15-14(18)20)7-8-12(16-13)19-4/h7-8,10H,5-6,9H2,1-4H3,(H,15,20). The fraction of sp³-hybridized carbons (Fsp3) is 0.571. The molecular weight excluding hydrogens is 272 g/mol. The summed E-state index contributed by atoms with van der Waals surface area (Å²) in [6, 6.07) is 4.06. The van der Waals surface area contributed by atoms with Crippen molar-refractivity contribution in [2.75, 3.05) is 26.7 Å². The van der Waals surface area contributed by atoms with Crippen LogP contribution in [-0.2, 0) is 0 Å². The summed E-state index contributed by atoms with van der Waals surface area (Å²) >= 11 is 5.44. The first-order valence-corrected chi connectivity index (χ1v) is 7.39. The molecule has 0 fully saturated rings. The second kappa shape index (κ2) is 6.37. The van der Waals surface area contributed by atoms with Crippen molar-refractivity contribution in [2.45, 2.75) is 26.8 Å². The summed E-state index contributed by atoms with van der Waals surface area (Å²) in [5.74, 6) is 0.607. The third-order valence-electron chi connectivity index (χ3n) is 3.60. The molecule has 0 amide bonds. The largest absolute Gasteiger partial charge is 0.481 e. The van der Waals surface area contributed by atoms with E-state index in [1.807, 2.05) is 12.1 Å². The van der Waals surface area contributed by atoms with Crippen molar-refractivity contribution in [1.82, 2.24) is 19.4 Å². The van der Waals surface area contributed by atoms with E-state index in [0.717, 1.165) is 30.8 Å². The minimum Gasteiger partial charge on any atom is -0.481 e. The van der Waals surface area contributed by atoms with Gasteiger partial charge in [0.15, 0.2) is 10.4 Å². The number of aromatic amines is 1. The van der Waals surface area contributed by atoms with Crippen LogP contribution in [0.4, 0.5) is 0 Å². The Labute approximate surface area is 124 Å². The summed E-state index contributed by atoms with van der Waals surface area (Å²) in [7, 11) is 1.62. The molecule has 0 bridgehead atoms. The van der Waals surface area contributed by atoms with Crippen LogP contribution >= 0.6 is 12.2 Å². The smallest absolute Gasteiger partial charge is 0.215 e. The van der Waals surface area contributed by atoms with Crippen LogP contribution in [0.2, 0.25) is 0 Å². The van der Waals surface area contributed by atoms with Gasteiger partial charge in [0, 0.05) is 18.7 Å². The zero-order chi connectivity index (χ0) is 14.7. The number of methoxy groups -OCH3 is 1. The van der Waals surface area contributed by atoms with Gasteiger partial charge in [-0.2, -0.15) is 4.98 Å². The number of nitrogens with zero attached hydrogens (tertiary/aromatic N) is 3. The fourth-order valence-electron chi connectivity index (χ4n) is 2.44.